The third kappa shape index (κ3) is 12.7. The van der Waals surface area contributed by atoms with Crippen molar-refractivity contribution in [2.45, 2.75) is 158 Å². The van der Waals surface area contributed by atoms with Crippen molar-refractivity contribution in [1.82, 2.24) is 9.56 Å². The van der Waals surface area contributed by atoms with E-state index in [4.69, 9.17) is 4.98 Å². The van der Waals surface area contributed by atoms with Crippen LogP contribution in [0, 0.1) is 23.7 Å². The van der Waals surface area contributed by atoms with Crippen LogP contribution < -0.4 is 14.8 Å². The zero-order valence-electron chi connectivity index (χ0n) is 32.7. The van der Waals surface area contributed by atoms with Crippen LogP contribution in [0.4, 0.5) is 5.69 Å². The van der Waals surface area contributed by atoms with Crippen molar-refractivity contribution < 1.29 is 0 Å². The summed E-state index contributed by atoms with van der Waals surface area (Å²) in [6.45, 7) is 23.6. The molecule has 4 atom stereocenters. The molecule has 1 aliphatic carbocycles. The Morgan fingerprint density at radius 2 is 1.10 bits per heavy atom. The number of anilines is 1. The predicted molar refractivity (Wildman–Crippen MR) is 217 cm³/mol. The second-order valence-electron chi connectivity index (χ2n) is 15.0. The summed E-state index contributed by atoms with van der Waals surface area (Å²) < 4.78 is 4.07. The lowest BCUT2D eigenvalue weighted by Crippen LogP contribution is -2.38. The Morgan fingerprint density at radius 3 is 1.58 bits per heavy atom. The molecule has 0 bridgehead atoms. The number of nitrogens with zero attached hydrogens (tertiary/aromatic N) is 3. The highest BCUT2D eigenvalue weighted by Crippen LogP contribution is 2.33. The van der Waals surface area contributed by atoms with Crippen LogP contribution in [0.15, 0.2) is 36.4 Å². The van der Waals surface area contributed by atoms with Crippen LogP contribution in [0.25, 0.3) is 20.8 Å². The lowest BCUT2D eigenvalue weighted by Gasteiger charge is -2.32. The monoisotopic (exact) mass is 677 g/mol. The lowest BCUT2D eigenvalue weighted by molar-refractivity contribution is 0.335. The van der Waals surface area contributed by atoms with E-state index in [0.717, 1.165) is 34.9 Å². The molecule has 48 heavy (non-hydrogen) atoms. The molecular weight excluding hydrogens is 603 g/mol. The van der Waals surface area contributed by atoms with Crippen molar-refractivity contribution in [3.63, 3.8) is 0 Å². The summed E-state index contributed by atoms with van der Waals surface area (Å²) in [6.07, 6.45) is 20.9. The van der Waals surface area contributed by atoms with Gasteiger partial charge in [0.05, 0.1) is 20.8 Å². The number of benzene rings is 2. The maximum atomic E-state index is 5.22. The van der Waals surface area contributed by atoms with Gasteiger partial charge in [0.1, 0.15) is 13.1 Å². The first-order valence-electron chi connectivity index (χ1n) is 20.6. The highest BCUT2D eigenvalue weighted by Gasteiger charge is 2.22. The third-order valence-corrected chi connectivity index (χ3v) is 12.3. The van der Waals surface area contributed by atoms with Crippen LogP contribution in [0.2, 0.25) is 0 Å². The SMILES string of the molecule is CCCCC(CC)CN(CC(CC)CCCC)c1ccc2nc3ccc(=[N+](CC(CC)CCCC)CC(CC)CCCC)cc-3sc2c1. The Balaban J connectivity index is 2.08. The molecule has 1 aromatic carbocycles. The molecule has 3 rings (SSSR count). The van der Waals surface area contributed by atoms with Gasteiger partial charge in [0.15, 0.2) is 0 Å². The van der Waals surface area contributed by atoms with Gasteiger partial charge in [-0.05, 0) is 74.6 Å². The molecule has 0 spiro atoms. The average molecular weight is 677 g/mol. The Hall–Kier alpha value is -1.94. The highest BCUT2D eigenvalue weighted by molar-refractivity contribution is 7.21. The standard InChI is InChI=1S/C44H74N3S/c1-9-17-21-35(13-5)31-46(32-36(14-6)22-18-10-2)39-25-27-41-43(29-39)48-44-30-40(26-28-42(44)45-41)47(33-37(15-7)23-19-11-3)34-38(16-8)24-20-12-4/h25-30,35-38H,9-24,31-34H2,1-8H3/q+1. The Labute approximate surface area is 301 Å². The summed E-state index contributed by atoms with van der Waals surface area (Å²) >= 11 is 1.95. The lowest BCUT2D eigenvalue weighted by atomic mass is 9.95. The molecular formula is C44H74N3S+. The van der Waals surface area contributed by atoms with Crippen LogP contribution in [-0.2, 0) is 0 Å². The molecule has 4 unspecified atom stereocenters. The summed E-state index contributed by atoms with van der Waals surface area (Å²) in [5, 5.41) is 1.39. The number of aromatic nitrogens is 1. The van der Waals surface area contributed by atoms with Crippen molar-refractivity contribution in [3.8, 4) is 10.6 Å². The van der Waals surface area contributed by atoms with Gasteiger partial charge < -0.3 is 4.90 Å². The fraction of sp³-hybridized carbons (Fsp3) is 0.727. The van der Waals surface area contributed by atoms with E-state index in [1.165, 1.54) is 150 Å². The van der Waals surface area contributed by atoms with Gasteiger partial charge in [-0.3, -0.25) is 0 Å². The molecule has 4 heteroatoms. The minimum Gasteiger partial charge on any atom is -0.371 e. The van der Waals surface area contributed by atoms with E-state index in [1.54, 1.807) is 0 Å². The first-order chi connectivity index (χ1) is 23.4. The number of rotatable bonds is 25. The van der Waals surface area contributed by atoms with Crippen LogP contribution in [0.5, 0.6) is 0 Å². The van der Waals surface area contributed by atoms with Gasteiger partial charge in [-0.2, -0.15) is 0 Å². The van der Waals surface area contributed by atoms with Crippen molar-refractivity contribution >= 4 is 27.2 Å². The van der Waals surface area contributed by atoms with Gasteiger partial charge in [-0.1, -0.05) is 120 Å². The van der Waals surface area contributed by atoms with Gasteiger partial charge in [0.25, 0.3) is 0 Å². The zero-order chi connectivity index (χ0) is 34.7. The molecule has 0 saturated heterocycles. The third-order valence-electron chi connectivity index (χ3n) is 11.2. The summed E-state index contributed by atoms with van der Waals surface area (Å²) in [5.41, 5.74) is 3.66. The van der Waals surface area contributed by atoms with E-state index in [1.807, 2.05) is 11.3 Å². The maximum absolute atomic E-state index is 5.22. The average Bonchev–Trinajstić information content (AvgIpc) is 3.12. The molecule has 0 radical (unpaired) electrons. The number of hydrogen-bond donors (Lipinski definition) is 0. The van der Waals surface area contributed by atoms with Gasteiger partial charge in [-0.15, -0.1) is 11.3 Å². The van der Waals surface area contributed by atoms with E-state index < -0.39 is 0 Å². The van der Waals surface area contributed by atoms with Crippen molar-refractivity contribution in [2.24, 2.45) is 23.7 Å². The molecule has 270 valence electrons. The molecule has 1 aromatic rings. The Morgan fingerprint density at radius 1 is 0.604 bits per heavy atom. The van der Waals surface area contributed by atoms with Gasteiger partial charge in [-0.25, -0.2) is 9.56 Å². The normalized spacial score (nSPS) is 14.3. The molecule has 2 aliphatic rings. The molecule has 1 aliphatic heterocycles. The van der Waals surface area contributed by atoms with E-state index in [-0.39, 0.29) is 0 Å². The quantitative estimate of drug-likeness (QED) is 0.0657. The molecule has 0 fully saturated rings. The molecule has 1 heterocycles. The second kappa shape index (κ2) is 22.7. The van der Waals surface area contributed by atoms with Crippen LogP contribution in [-0.4, -0.2) is 31.2 Å². The topological polar surface area (TPSA) is 19.1 Å². The van der Waals surface area contributed by atoms with Gasteiger partial charge in [0, 0.05) is 42.7 Å². The number of unbranched alkanes of at least 4 members (excludes halogenated alkanes) is 4. The van der Waals surface area contributed by atoms with Gasteiger partial charge in [0.2, 0.25) is 5.36 Å². The summed E-state index contributed by atoms with van der Waals surface area (Å²) in [6, 6.07) is 14.3. The molecule has 0 amide bonds. The van der Waals surface area contributed by atoms with E-state index in [2.05, 4.69) is 101 Å². The van der Waals surface area contributed by atoms with E-state index in [0.29, 0.717) is 0 Å². The predicted octanol–water partition coefficient (Wildman–Crippen LogP) is 12.8. The molecule has 0 saturated carbocycles. The van der Waals surface area contributed by atoms with Crippen molar-refractivity contribution in [2.75, 3.05) is 31.1 Å². The Bertz CT molecular complexity index is 1290. The van der Waals surface area contributed by atoms with Crippen LogP contribution in [0.3, 0.4) is 0 Å². The van der Waals surface area contributed by atoms with Gasteiger partial charge >= 0.3 is 0 Å². The number of hydrogen-bond acceptors (Lipinski definition) is 3. The first-order valence-corrected chi connectivity index (χ1v) is 21.4. The largest absolute Gasteiger partial charge is 0.371 e. The molecule has 0 aromatic heterocycles. The maximum Gasteiger partial charge on any atom is 0.201 e. The second-order valence-corrected chi connectivity index (χ2v) is 16.1. The minimum absolute atomic E-state index is 0.754. The summed E-state index contributed by atoms with van der Waals surface area (Å²) in [4.78, 5) is 9.30. The summed E-state index contributed by atoms with van der Waals surface area (Å²) in [5.74, 6) is 3.02. The zero-order valence-corrected chi connectivity index (χ0v) is 33.5. The first kappa shape index (κ1) is 40.5. The van der Waals surface area contributed by atoms with Crippen molar-refractivity contribution in [3.05, 3.63) is 41.8 Å². The van der Waals surface area contributed by atoms with Crippen molar-refractivity contribution in [1.29, 1.82) is 0 Å². The molecule has 3 nitrogen and oxygen atoms in total. The van der Waals surface area contributed by atoms with E-state index in [9.17, 15) is 0 Å². The van der Waals surface area contributed by atoms with Crippen LogP contribution >= 0.6 is 11.3 Å². The molecule has 0 N–H and O–H groups in total. The highest BCUT2D eigenvalue weighted by atomic mass is 32.1. The smallest absolute Gasteiger partial charge is 0.201 e. The Kier molecular flexibility index (Phi) is 19.2. The summed E-state index contributed by atoms with van der Waals surface area (Å²) in [7, 11) is 0. The van der Waals surface area contributed by atoms with E-state index >= 15 is 0 Å². The fourth-order valence-electron chi connectivity index (χ4n) is 7.48. The minimum atomic E-state index is 0.754. The number of fused-ring (bicyclic) bond motifs is 2. The van der Waals surface area contributed by atoms with Crippen LogP contribution in [0.1, 0.15) is 158 Å². The fourth-order valence-corrected chi connectivity index (χ4v) is 8.51.